The van der Waals surface area contributed by atoms with Crippen molar-refractivity contribution in [1.82, 2.24) is 14.5 Å². The van der Waals surface area contributed by atoms with Crippen LogP contribution >= 0.6 is 0 Å². The highest BCUT2D eigenvalue weighted by molar-refractivity contribution is 7.89. The molecule has 2 aromatic rings. The maximum absolute atomic E-state index is 13.1. The van der Waals surface area contributed by atoms with Gasteiger partial charge in [0.05, 0.1) is 26.0 Å². The minimum atomic E-state index is -3.69. The molecule has 1 saturated carbocycles. The van der Waals surface area contributed by atoms with E-state index in [9.17, 15) is 8.42 Å². The van der Waals surface area contributed by atoms with E-state index >= 15 is 0 Å². The van der Waals surface area contributed by atoms with Gasteiger partial charge in [-0.25, -0.2) is 8.42 Å². The van der Waals surface area contributed by atoms with Gasteiger partial charge in [-0.2, -0.15) is 4.31 Å². The molecule has 1 N–H and O–H groups in total. The fourth-order valence-electron chi connectivity index (χ4n) is 3.81. The average Bonchev–Trinajstić information content (AvgIpc) is 3.27. The molecule has 8 nitrogen and oxygen atoms in total. The number of aromatic nitrogens is 2. The first-order chi connectivity index (χ1) is 14.1. The number of nitrogens with one attached hydrogen (secondary N) is 1. The molecular formula is C20H26N4O4S. The third kappa shape index (κ3) is 4.36. The van der Waals surface area contributed by atoms with E-state index in [4.69, 9.17) is 9.47 Å². The molecule has 1 aliphatic carbocycles. The van der Waals surface area contributed by atoms with Gasteiger partial charge in [0.15, 0.2) is 0 Å². The fraction of sp³-hybridized carbons (Fsp3) is 0.500. The summed E-state index contributed by atoms with van der Waals surface area (Å²) < 4.78 is 38.3. The fourth-order valence-corrected chi connectivity index (χ4v) is 5.40. The van der Waals surface area contributed by atoms with E-state index in [1.54, 1.807) is 18.2 Å². The van der Waals surface area contributed by atoms with E-state index < -0.39 is 10.0 Å². The van der Waals surface area contributed by atoms with Gasteiger partial charge in [0.1, 0.15) is 16.5 Å². The Morgan fingerprint density at radius 3 is 2.52 bits per heavy atom. The zero-order chi connectivity index (χ0) is 20.3. The van der Waals surface area contributed by atoms with Crippen LogP contribution < -0.4 is 10.1 Å². The highest BCUT2D eigenvalue weighted by atomic mass is 32.2. The third-order valence-corrected chi connectivity index (χ3v) is 7.34. The molecule has 1 aromatic heterocycles. The Bertz CT molecular complexity index is 937. The number of rotatable bonds is 6. The summed E-state index contributed by atoms with van der Waals surface area (Å²) in [6.07, 6.45) is 4.81. The quantitative estimate of drug-likeness (QED) is 0.770. The topological polar surface area (TPSA) is 93.7 Å². The van der Waals surface area contributed by atoms with Crippen LogP contribution in [0.3, 0.4) is 0 Å². The van der Waals surface area contributed by atoms with Gasteiger partial charge >= 0.3 is 0 Å². The summed E-state index contributed by atoms with van der Waals surface area (Å²) in [5, 5.41) is 12.0. The molecule has 2 heterocycles. The molecule has 1 saturated heterocycles. The first-order valence-corrected chi connectivity index (χ1v) is 11.4. The first kappa shape index (κ1) is 20.1. The van der Waals surface area contributed by atoms with Crippen molar-refractivity contribution >= 4 is 15.8 Å². The summed E-state index contributed by atoms with van der Waals surface area (Å²) in [7, 11) is -2.22. The van der Waals surface area contributed by atoms with Crippen molar-refractivity contribution in [2.24, 2.45) is 0 Å². The molecule has 0 unspecified atom stereocenters. The Kier molecular flexibility index (Phi) is 5.98. The van der Waals surface area contributed by atoms with Gasteiger partial charge in [-0.15, -0.1) is 10.2 Å². The van der Waals surface area contributed by atoms with Crippen LogP contribution in [0.15, 0.2) is 35.2 Å². The average molecular weight is 419 g/mol. The minimum Gasteiger partial charge on any atom is -0.495 e. The molecule has 1 aliphatic heterocycles. The highest BCUT2D eigenvalue weighted by Crippen LogP contribution is 2.32. The number of benzene rings is 1. The van der Waals surface area contributed by atoms with Crippen LogP contribution in [-0.4, -0.2) is 62.4 Å². The van der Waals surface area contributed by atoms with Crippen LogP contribution in [-0.2, 0) is 14.8 Å². The summed E-state index contributed by atoms with van der Waals surface area (Å²) in [4.78, 5) is 0.134. The van der Waals surface area contributed by atoms with Crippen molar-refractivity contribution in [2.45, 2.75) is 36.6 Å². The number of hydrogen-bond donors (Lipinski definition) is 1. The summed E-state index contributed by atoms with van der Waals surface area (Å²) in [5.74, 6) is 1.06. The molecule has 2 fully saturated rings. The van der Waals surface area contributed by atoms with E-state index in [-0.39, 0.29) is 4.90 Å². The zero-order valence-electron chi connectivity index (χ0n) is 16.5. The third-order valence-electron chi connectivity index (χ3n) is 5.42. The Balaban J connectivity index is 1.60. The highest BCUT2D eigenvalue weighted by Gasteiger charge is 2.29. The molecule has 0 atom stereocenters. The molecule has 2 aliphatic rings. The van der Waals surface area contributed by atoms with Crippen molar-refractivity contribution in [2.75, 3.05) is 38.7 Å². The molecule has 29 heavy (non-hydrogen) atoms. The van der Waals surface area contributed by atoms with Crippen molar-refractivity contribution in [3.05, 3.63) is 30.3 Å². The maximum atomic E-state index is 13.1. The van der Waals surface area contributed by atoms with Crippen LogP contribution in [0.4, 0.5) is 5.82 Å². The Morgan fingerprint density at radius 1 is 1.10 bits per heavy atom. The van der Waals surface area contributed by atoms with E-state index in [2.05, 4.69) is 15.5 Å². The first-order valence-electron chi connectivity index (χ1n) is 9.94. The number of hydrogen-bond acceptors (Lipinski definition) is 7. The van der Waals surface area contributed by atoms with Crippen molar-refractivity contribution in [3.63, 3.8) is 0 Å². The number of ether oxygens (including phenoxy) is 2. The molecule has 0 bridgehead atoms. The monoisotopic (exact) mass is 418 g/mol. The molecule has 156 valence electrons. The van der Waals surface area contributed by atoms with E-state index in [1.165, 1.54) is 24.3 Å². The number of sulfonamides is 1. The lowest BCUT2D eigenvalue weighted by Gasteiger charge is -2.26. The normalized spacial score (nSPS) is 18.7. The van der Waals surface area contributed by atoms with Gasteiger partial charge in [-0.05, 0) is 43.2 Å². The van der Waals surface area contributed by atoms with Gasteiger partial charge < -0.3 is 14.8 Å². The molecule has 1 aromatic carbocycles. The summed E-state index contributed by atoms with van der Waals surface area (Å²) >= 11 is 0. The SMILES string of the molecule is COc1ccc(-c2ccc(NC3CCCC3)nn2)cc1S(=O)(=O)N1CCOCC1. The Morgan fingerprint density at radius 2 is 1.86 bits per heavy atom. The summed E-state index contributed by atoms with van der Waals surface area (Å²) in [6.45, 7) is 1.44. The number of nitrogens with zero attached hydrogens (tertiary/aromatic N) is 3. The van der Waals surface area contributed by atoms with Crippen LogP contribution in [0.1, 0.15) is 25.7 Å². The van der Waals surface area contributed by atoms with Crippen molar-refractivity contribution in [3.8, 4) is 17.0 Å². The zero-order valence-corrected chi connectivity index (χ0v) is 17.3. The van der Waals surface area contributed by atoms with Gasteiger partial charge in [0.25, 0.3) is 0 Å². The summed E-state index contributed by atoms with van der Waals surface area (Å²) in [6, 6.07) is 9.28. The molecular weight excluding hydrogens is 392 g/mol. The second kappa shape index (κ2) is 8.64. The summed E-state index contributed by atoms with van der Waals surface area (Å²) in [5.41, 5.74) is 1.29. The lowest BCUT2D eigenvalue weighted by atomic mass is 10.1. The largest absolute Gasteiger partial charge is 0.495 e. The van der Waals surface area contributed by atoms with Crippen LogP contribution in [0.5, 0.6) is 5.75 Å². The molecule has 9 heteroatoms. The Hall–Kier alpha value is -2.23. The van der Waals surface area contributed by atoms with Crippen LogP contribution in [0.25, 0.3) is 11.3 Å². The van der Waals surface area contributed by atoms with Gasteiger partial charge in [-0.3, -0.25) is 0 Å². The van der Waals surface area contributed by atoms with E-state index in [0.29, 0.717) is 49.4 Å². The smallest absolute Gasteiger partial charge is 0.246 e. The van der Waals surface area contributed by atoms with Gasteiger partial charge in [0, 0.05) is 24.7 Å². The molecule has 0 amide bonds. The predicted molar refractivity (Wildman–Crippen MR) is 109 cm³/mol. The molecule has 4 rings (SSSR count). The van der Waals surface area contributed by atoms with E-state index in [1.807, 2.05) is 12.1 Å². The molecule has 0 spiro atoms. The predicted octanol–water partition coefficient (Wildman–Crippen LogP) is 2.53. The molecule has 0 radical (unpaired) electrons. The number of anilines is 1. The number of methoxy groups -OCH3 is 1. The lowest BCUT2D eigenvalue weighted by molar-refractivity contribution is 0.0729. The maximum Gasteiger partial charge on any atom is 0.246 e. The van der Waals surface area contributed by atoms with Crippen LogP contribution in [0.2, 0.25) is 0 Å². The second-order valence-electron chi connectivity index (χ2n) is 7.31. The van der Waals surface area contributed by atoms with E-state index in [0.717, 1.165) is 18.7 Å². The van der Waals surface area contributed by atoms with Crippen molar-refractivity contribution in [1.29, 1.82) is 0 Å². The van der Waals surface area contributed by atoms with Gasteiger partial charge in [0.2, 0.25) is 10.0 Å². The van der Waals surface area contributed by atoms with Crippen molar-refractivity contribution < 1.29 is 17.9 Å². The van der Waals surface area contributed by atoms with Gasteiger partial charge in [-0.1, -0.05) is 12.8 Å². The lowest BCUT2D eigenvalue weighted by Crippen LogP contribution is -2.40. The standard InChI is InChI=1S/C20H26N4O4S/c1-27-18-8-6-15(14-19(18)29(25,26)24-10-12-28-13-11-24)17-7-9-20(23-22-17)21-16-4-2-3-5-16/h6-9,14,16H,2-5,10-13H2,1H3,(H,21,23). The Labute approximate surface area is 171 Å². The number of morpholine rings is 1. The minimum absolute atomic E-state index is 0.134. The second-order valence-corrected chi connectivity index (χ2v) is 9.22. The van der Waals surface area contributed by atoms with Crippen LogP contribution in [0, 0.1) is 0 Å².